The second-order valence-corrected chi connectivity index (χ2v) is 4.44. The standard InChI is InChI=1S/C12H19NOS/c1-4-11(14-2)12(15-3)13-10-8-6-5-7-9-10/h10H,1,5-9H2,2-3H3. The highest BCUT2D eigenvalue weighted by Gasteiger charge is 2.14. The third kappa shape index (κ3) is 3.77. The quantitative estimate of drug-likeness (QED) is 0.318. The van der Waals surface area contributed by atoms with E-state index in [2.05, 4.69) is 12.3 Å². The highest BCUT2D eigenvalue weighted by Crippen LogP contribution is 2.22. The molecular weight excluding hydrogens is 206 g/mol. The van der Waals surface area contributed by atoms with E-state index < -0.39 is 0 Å². The van der Waals surface area contributed by atoms with Gasteiger partial charge in [0.05, 0.1) is 13.2 Å². The number of rotatable bonds is 3. The maximum absolute atomic E-state index is 5.19. The molecule has 3 heteroatoms. The summed E-state index contributed by atoms with van der Waals surface area (Å²) in [6, 6.07) is 0.472. The van der Waals surface area contributed by atoms with Gasteiger partial charge in [-0.2, -0.15) is 0 Å². The number of ether oxygens (including phenoxy) is 1. The number of hydrogen-bond acceptors (Lipinski definition) is 3. The lowest BCUT2D eigenvalue weighted by atomic mass is 9.96. The van der Waals surface area contributed by atoms with Crippen LogP contribution in [-0.2, 0) is 4.74 Å². The minimum Gasteiger partial charge on any atom is -0.487 e. The summed E-state index contributed by atoms with van der Waals surface area (Å²) in [5.41, 5.74) is 2.79. The molecule has 0 radical (unpaired) electrons. The normalized spacial score (nSPS) is 18.4. The molecule has 0 aromatic rings. The van der Waals surface area contributed by atoms with E-state index in [9.17, 15) is 0 Å². The molecule has 1 rings (SSSR count). The van der Waals surface area contributed by atoms with E-state index in [0.29, 0.717) is 11.8 Å². The molecule has 0 atom stereocenters. The van der Waals surface area contributed by atoms with Crippen molar-refractivity contribution in [1.29, 1.82) is 0 Å². The minimum absolute atomic E-state index is 0.472. The Labute approximate surface area is 96.5 Å². The Morgan fingerprint density at radius 1 is 1.40 bits per heavy atom. The van der Waals surface area contributed by atoms with Crippen molar-refractivity contribution in [3.63, 3.8) is 0 Å². The fourth-order valence-electron chi connectivity index (χ4n) is 1.82. The van der Waals surface area contributed by atoms with Crippen LogP contribution in [0.25, 0.3) is 0 Å². The highest BCUT2D eigenvalue weighted by atomic mass is 32.2. The van der Waals surface area contributed by atoms with Crippen LogP contribution in [0, 0.1) is 0 Å². The minimum atomic E-state index is 0.472. The van der Waals surface area contributed by atoms with Crippen molar-refractivity contribution >= 4 is 16.8 Å². The summed E-state index contributed by atoms with van der Waals surface area (Å²) in [6.45, 7) is 3.61. The van der Waals surface area contributed by atoms with Gasteiger partial charge in [-0.25, -0.2) is 0 Å². The van der Waals surface area contributed by atoms with E-state index in [-0.39, 0.29) is 0 Å². The Bertz CT molecular complexity index is 273. The van der Waals surface area contributed by atoms with E-state index in [0.717, 1.165) is 5.04 Å². The van der Waals surface area contributed by atoms with E-state index in [1.807, 2.05) is 6.26 Å². The molecule has 0 aromatic heterocycles. The molecular formula is C12H19NOS. The second-order valence-electron chi connectivity index (χ2n) is 3.64. The van der Waals surface area contributed by atoms with Gasteiger partial charge in [0.2, 0.25) is 0 Å². The van der Waals surface area contributed by atoms with Gasteiger partial charge in [-0.05, 0) is 19.1 Å². The van der Waals surface area contributed by atoms with Crippen LogP contribution >= 0.6 is 11.8 Å². The summed E-state index contributed by atoms with van der Waals surface area (Å²) in [4.78, 5) is 4.71. The number of nitrogens with zero attached hydrogens (tertiary/aromatic N) is 1. The monoisotopic (exact) mass is 225 g/mol. The van der Waals surface area contributed by atoms with Gasteiger partial charge in [0.15, 0.2) is 5.76 Å². The SMILES string of the molecule is C=C=C(OC)C(=NC1CCCCC1)SC. The first kappa shape index (κ1) is 12.4. The second kappa shape index (κ2) is 6.76. The number of aliphatic imine (C=N–C) groups is 1. The van der Waals surface area contributed by atoms with E-state index in [1.165, 1.54) is 32.1 Å². The van der Waals surface area contributed by atoms with Crippen LogP contribution in [0.2, 0.25) is 0 Å². The molecule has 0 aliphatic heterocycles. The summed E-state index contributed by atoms with van der Waals surface area (Å²) < 4.78 is 5.19. The molecule has 0 heterocycles. The summed E-state index contributed by atoms with van der Waals surface area (Å²) in [5, 5.41) is 0.930. The summed E-state index contributed by atoms with van der Waals surface area (Å²) >= 11 is 1.61. The van der Waals surface area contributed by atoms with Crippen molar-refractivity contribution in [3.05, 3.63) is 18.1 Å². The molecule has 2 nitrogen and oxygen atoms in total. The third-order valence-corrected chi connectivity index (χ3v) is 3.30. The van der Waals surface area contributed by atoms with Crippen molar-refractivity contribution in [3.8, 4) is 0 Å². The molecule has 1 fully saturated rings. The average molecular weight is 225 g/mol. The van der Waals surface area contributed by atoms with Gasteiger partial charge in [0, 0.05) is 0 Å². The molecule has 0 amide bonds. The predicted molar refractivity (Wildman–Crippen MR) is 67.5 cm³/mol. The maximum atomic E-state index is 5.19. The lowest BCUT2D eigenvalue weighted by Crippen LogP contribution is -2.13. The summed E-state index contributed by atoms with van der Waals surface area (Å²) in [6.07, 6.45) is 8.38. The Hall–Kier alpha value is -0.660. The van der Waals surface area contributed by atoms with Crippen LogP contribution in [-0.4, -0.2) is 24.5 Å². The zero-order valence-corrected chi connectivity index (χ0v) is 10.4. The van der Waals surface area contributed by atoms with Crippen LogP contribution in [0.5, 0.6) is 0 Å². The lowest BCUT2D eigenvalue weighted by molar-refractivity contribution is 0.316. The van der Waals surface area contributed by atoms with Gasteiger partial charge in [0.25, 0.3) is 0 Å². The zero-order valence-electron chi connectivity index (χ0n) is 9.58. The molecule has 84 valence electrons. The topological polar surface area (TPSA) is 21.6 Å². The first-order valence-electron chi connectivity index (χ1n) is 5.38. The fourth-order valence-corrected chi connectivity index (χ4v) is 2.41. The van der Waals surface area contributed by atoms with Crippen LogP contribution < -0.4 is 0 Å². The molecule has 15 heavy (non-hydrogen) atoms. The Balaban J connectivity index is 2.71. The van der Waals surface area contributed by atoms with Crippen molar-refractivity contribution in [1.82, 2.24) is 0 Å². The van der Waals surface area contributed by atoms with E-state index >= 15 is 0 Å². The van der Waals surface area contributed by atoms with Crippen LogP contribution in [0.15, 0.2) is 23.1 Å². The zero-order chi connectivity index (χ0) is 11.1. The highest BCUT2D eigenvalue weighted by molar-refractivity contribution is 8.13. The number of hydrogen-bond donors (Lipinski definition) is 0. The maximum Gasteiger partial charge on any atom is 0.193 e. The lowest BCUT2D eigenvalue weighted by Gasteiger charge is -2.18. The summed E-state index contributed by atoms with van der Waals surface area (Å²) in [5.74, 6) is 0.674. The van der Waals surface area contributed by atoms with Gasteiger partial charge in [0.1, 0.15) is 5.04 Å². The Kier molecular flexibility index (Phi) is 5.59. The van der Waals surface area contributed by atoms with E-state index in [4.69, 9.17) is 9.73 Å². The number of thioether (sulfide) groups is 1. The molecule has 0 N–H and O–H groups in total. The molecule has 0 spiro atoms. The van der Waals surface area contributed by atoms with Crippen molar-refractivity contribution < 1.29 is 4.74 Å². The van der Waals surface area contributed by atoms with Crippen molar-refractivity contribution in [2.75, 3.05) is 13.4 Å². The largest absolute Gasteiger partial charge is 0.487 e. The first-order valence-corrected chi connectivity index (χ1v) is 6.60. The smallest absolute Gasteiger partial charge is 0.193 e. The molecule has 1 aliphatic rings. The van der Waals surface area contributed by atoms with Crippen molar-refractivity contribution in [2.45, 2.75) is 38.1 Å². The predicted octanol–water partition coefficient (Wildman–Crippen LogP) is 3.40. The van der Waals surface area contributed by atoms with Crippen LogP contribution in [0.4, 0.5) is 0 Å². The Morgan fingerprint density at radius 3 is 2.53 bits per heavy atom. The fraction of sp³-hybridized carbons (Fsp3) is 0.667. The number of methoxy groups -OCH3 is 1. The molecule has 1 saturated carbocycles. The average Bonchev–Trinajstić information content (AvgIpc) is 2.30. The van der Waals surface area contributed by atoms with Crippen molar-refractivity contribution in [2.24, 2.45) is 4.99 Å². The van der Waals surface area contributed by atoms with Gasteiger partial charge < -0.3 is 4.74 Å². The van der Waals surface area contributed by atoms with E-state index in [1.54, 1.807) is 18.9 Å². The first-order chi connectivity index (χ1) is 7.31. The molecule has 1 aliphatic carbocycles. The Morgan fingerprint density at radius 2 is 2.07 bits per heavy atom. The van der Waals surface area contributed by atoms with Gasteiger partial charge in [-0.3, -0.25) is 4.99 Å². The van der Waals surface area contributed by atoms with Gasteiger partial charge in [-0.1, -0.05) is 31.6 Å². The van der Waals surface area contributed by atoms with Crippen LogP contribution in [0.3, 0.4) is 0 Å². The van der Waals surface area contributed by atoms with Gasteiger partial charge in [-0.15, -0.1) is 11.8 Å². The molecule has 0 unspecified atom stereocenters. The molecule has 0 saturated heterocycles. The molecule has 0 bridgehead atoms. The molecule has 0 aromatic carbocycles. The van der Waals surface area contributed by atoms with Crippen LogP contribution in [0.1, 0.15) is 32.1 Å². The third-order valence-electron chi connectivity index (χ3n) is 2.63. The summed E-state index contributed by atoms with van der Waals surface area (Å²) in [7, 11) is 1.64. The van der Waals surface area contributed by atoms with Gasteiger partial charge >= 0.3 is 0 Å².